The number of aliphatic hydroxyl groups excluding tert-OH is 3. The summed E-state index contributed by atoms with van der Waals surface area (Å²) in [4.78, 5) is 0. The molecule has 0 saturated heterocycles. The summed E-state index contributed by atoms with van der Waals surface area (Å²) in [5.41, 5.74) is 0.893. The maximum absolute atomic E-state index is 9.49. The quantitative estimate of drug-likeness (QED) is 0.580. The fraction of sp³-hybridized carbons (Fsp3) is 0.636. The van der Waals surface area contributed by atoms with Crippen molar-refractivity contribution >= 4 is 0 Å². The van der Waals surface area contributed by atoms with E-state index in [-0.39, 0.29) is 6.42 Å². The summed E-state index contributed by atoms with van der Waals surface area (Å²) in [6, 6.07) is 0. The molecule has 0 fully saturated rings. The van der Waals surface area contributed by atoms with E-state index in [9.17, 15) is 10.2 Å². The molecular weight excluding hydrogens is 180 g/mol. The molecule has 0 unspecified atom stereocenters. The molecule has 3 nitrogen and oxygen atoms in total. The van der Waals surface area contributed by atoms with E-state index in [1.54, 1.807) is 13.0 Å². The fourth-order valence-electron chi connectivity index (χ4n) is 1.19. The van der Waals surface area contributed by atoms with Gasteiger partial charge in [0.1, 0.15) is 0 Å². The summed E-state index contributed by atoms with van der Waals surface area (Å²) in [5, 5.41) is 27.9. The molecule has 0 saturated carbocycles. The molecule has 0 aromatic heterocycles. The molecule has 0 radical (unpaired) electrons. The lowest BCUT2D eigenvalue weighted by Crippen LogP contribution is -2.27. The number of hydrogen-bond acceptors (Lipinski definition) is 3. The van der Waals surface area contributed by atoms with Crippen LogP contribution in [-0.4, -0.2) is 33.6 Å². The first kappa shape index (κ1) is 13.4. The van der Waals surface area contributed by atoms with Crippen LogP contribution in [0.5, 0.6) is 0 Å². The van der Waals surface area contributed by atoms with Gasteiger partial charge in [-0.25, -0.2) is 0 Å². The van der Waals surface area contributed by atoms with Crippen LogP contribution < -0.4 is 0 Å². The molecule has 0 amide bonds. The van der Waals surface area contributed by atoms with Gasteiger partial charge >= 0.3 is 0 Å². The average molecular weight is 200 g/mol. The second kappa shape index (κ2) is 6.76. The topological polar surface area (TPSA) is 60.7 Å². The summed E-state index contributed by atoms with van der Waals surface area (Å²) in [6.45, 7) is 5.31. The third kappa shape index (κ3) is 5.91. The van der Waals surface area contributed by atoms with E-state index in [0.717, 1.165) is 5.57 Å². The molecule has 0 aromatic rings. The molecule has 14 heavy (non-hydrogen) atoms. The first-order valence-electron chi connectivity index (χ1n) is 4.82. The van der Waals surface area contributed by atoms with Gasteiger partial charge in [0.25, 0.3) is 0 Å². The van der Waals surface area contributed by atoms with Gasteiger partial charge < -0.3 is 15.3 Å². The molecular formula is C11H20O3. The van der Waals surface area contributed by atoms with E-state index in [2.05, 4.69) is 0 Å². The van der Waals surface area contributed by atoms with Gasteiger partial charge in [-0.3, -0.25) is 0 Å². The maximum atomic E-state index is 9.49. The van der Waals surface area contributed by atoms with Crippen LogP contribution in [-0.2, 0) is 0 Å². The minimum Gasteiger partial charge on any atom is -0.393 e. The van der Waals surface area contributed by atoms with Gasteiger partial charge in [-0.15, -0.1) is 0 Å². The lowest BCUT2D eigenvalue weighted by atomic mass is 10.1. The van der Waals surface area contributed by atoms with Crippen molar-refractivity contribution in [2.45, 2.75) is 45.5 Å². The molecule has 0 spiro atoms. The molecule has 0 bridgehead atoms. The number of aliphatic hydroxyl groups is 3. The Balaban J connectivity index is 4.18. The summed E-state index contributed by atoms with van der Waals surface area (Å²) < 4.78 is 0. The van der Waals surface area contributed by atoms with Crippen molar-refractivity contribution in [1.29, 1.82) is 0 Å². The van der Waals surface area contributed by atoms with Crippen molar-refractivity contribution in [3.05, 3.63) is 23.8 Å². The van der Waals surface area contributed by atoms with Crippen LogP contribution in [0.2, 0.25) is 0 Å². The van der Waals surface area contributed by atoms with E-state index in [1.165, 1.54) is 0 Å². The minimum atomic E-state index is -0.916. The Bertz CT molecular complexity index is 207. The monoisotopic (exact) mass is 200 g/mol. The standard InChI is InChI=1S/C11H20O3/c1-4-5-8(2)6-10(13)11(14)7-9(3)12/h4-6,9-14H,7H2,1-3H3/b5-4+,8-6+/t9-,10-,11-/m0/s1. The molecule has 0 aliphatic carbocycles. The molecule has 0 aliphatic rings. The van der Waals surface area contributed by atoms with E-state index in [0.29, 0.717) is 0 Å². The highest BCUT2D eigenvalue weighted by Gasteiger charge is 2.15. The lowest BCUT2D eigenvalue weighted by Gasteiger charge is -2.16. The number of rotatable bonds is 5. The molecule has 3 atom stereocenters. The van der Waals surface area contributed by atoms with Gasteiger partial charge in [0, 0.05) is 6.42 Å². The average Bonchev–Trinajstić information content (AvgIpc) is 2.02. The van der Waals surface area contributed by atoms with Crippen molar-refractivity contribution in [3.8, 4) is 0 Å². The maximum Gasteiger partial charge on any atom is 0.0986 e. The van der Waals surface area contributed by atoms with Crippen LogP contribution in [0, 0.1) is 0 Å². The van der Waals surface area contributed by atoms with Gasteiger partial charge in [0.2, 0.25) is 0 Å². The SMILES string of the molecule is C/C=C/C(C)=C/[C@H](O)[C@@H](O)C[C@H](C)O. The molecule has 0 aromatic carbocycles. The highest BCUT2D eigenvalue weighted by molar-refractivity contribution is 5.17. The van der Waals surface area contributed by atoms with Crippen molar-refractivity contribution in [3.63, 3.8) is 0 Å². The Morgan fingerprint density at radius 2 is 1.86 bits per heavy atom. The first-order valence-corrected chi connectivity index (χ1v) is 4.82. The molecule has 0 heterocycles. The van der Waals surface area contributed by atoms with Crippen molar-refractivity contribution < 1.29 is 15.3 Å². The summed E-state index contributed by atoms with van der Waals surface area (Å²) in [5.74, 6) is 0. The Morgan fingerprint density at radius 1 is 1.29 bits per heavy atom. The minimum absolute atomic E-state index is 0.181. The van der Waals surface area contributed by atoms with Gasteiger partial charge in [0.05, 0.1) is 18.3 Å². The lowest BCUT2D eigenvalue weighted by molar-refractivity contribution is 0.0140. The van der Waals surface area contributed by atoms with Crippen LogP contribution in [0.15, 0.2) is 23.8 Å². The Labute approximate surface area is 85.4 Å². The van der Waals surface area contributed by atoms with Crippen LogP contribution in [0.25, 0.3) is 0 Å². The van der Waals surface area contributed by atoms with Crippen LogP contribution in [0.4, 0.5) is 0 Å². The molecule has 3 N–H and O–H groups in total. The highest BCUT2D eigenvalue weighted by atomic mass is 16.3. The Morgan fingerprint density at radius 3 is 2.29 bits per heavy atom. The molecule has 3 heteroatoms. The zero-order chi connectivity index (χ0) is 11.1. The van der Waals surface area contributed by atoms with Crippen molar-refractivity contribution in [2.75, 3.05) is 0 Å². The predicted octanol–water partition coefficient (Wildman–Crippen LogP) is 1.00. The predicted molar refractivity (Wildman–Crippen MR) is 56.9 cm³/mol. The van der Waals surface area contributed by atoms with Gasteiger partial charge in [-0.05, 0) is 20.8 Å². The van der Waals surface area contributed by atoms with E-state index in [4.69, 9.17) is 5.11 Å². The fourth-order valence-corrected chi connectivity index (χ4v) is 1.19. The van der Waals surface area contributed by atoms with Crippen LogP contribution in [0.1, 0.15) is 27.2 Å². The second-order valence-corrected chi connectivity index (χ2v) is 3.55. The summed E-state index contributed by atoms with van der Waals surface area (Å²) >= 11 is 0. The van der Waals surface area contributed by atoms with E-state index < -0.39 is 18.3 Å². The van der Waals surface area contributed by atoms with Crippen LogP contribution >= 0.6 is 0 Å². The van der Waals surface area contributed by atoms with E-state index >= 15 is 0 Å². The number of hydrogen-bond donors (Lipinski definition) is 3. The molecule has 0 aliphatic heterocycles. The van der Waals surface area contributed by atoms with Gasteiger partial charge in [-0.2, -0.15) is 0 Å². The zero-order valence-electron chi connectivity index (χ0n) is 9.01. The van der Waals surface area contributed by atoms with Crippen molar-refractivity contribution in [1.82, 2.24) is 0 Å². The Kier molecular flexibility index (Phi) is 6.45. The normalized spacial score (nSPS) is 19.7. The third-order valence-corrected chi connectivity index (χ3v) is 1.84. The molecule has 0 rings (SSSR count). The highest BCUT2D eigenvalue weighted by Crippen LogP contribution is 2.07. The summed E-state index contributed by atoms with van der Waals surface area (Å²) in [7, 11) is 0. The number of allylic oxidation sites excluding steroid dienone is 3. The third-order valence-electron chi connectivity index (χ3n) is 1.84. The first-order chi connectivity index (χ1) is 6.47. The zero-order valence-corrected chi connectivity index (χ0v) is 9.01. The van der Waals surface area contributed by atoms with E-state index in [1.807, 2.05) is 26.0 Å². The van der Waals surface area contributed by atoms with Crippen molar-refractivity contribution in [2.24, 2.45) is 0 Å². The molecule has 82 valence electrons. The Hall–Kier alpha value is -0.640. The van der Waals surface area contributed by atoms with Gasteiger partial charge in [-0.1, -0.05) is 23.8 Å². The second-order valence-electron chi connectivity index (χ2n) is 3.55. The van der Waals surface area contributed by atoms with Crippen LogP contribution in [0.3, 0.4) is 0 Å². The van der Waals surface area contributed by atoms with Gasteiger partial charge in [0.15, 0.2) is 0 Å². The summed E-state index contributed by atoms with van der Waals surface area (Å²) in [6.07, 6.45) is 3.04. The largest absolute Gasteiger partial charge is 0.393 e. The smallest absolute Gasteiger partial charge is 0.0986 e.